The summed E-state index contributed by atoms with van der Waals surface area (Å²) in [5.41, 5.74) is 9.07. The molecule has 0 amide bonds. The Morgan fingerprint density at radius 2 is 2.10 bits per heavy atom. The van der Waals surface area contributed by atoms with Crippen LogP contribution in [0.15, 0.2) is 41.7 Å². The van der Waals surface area contributed by atoms with E-state index in [4.69, 9.17) is 10.9 Å². The van der Waals surface area contributed by atoms with Gasteiger partial charge in [-0.05, 0) is 37.7 Å². The van der Waals surface area contributed by atoms with E-state index in [-0.39, 0.29) is 5.84 Å². The minimum Gasteiger partial charge on any atom is -0.409 e. The Bertz CT molecular complexity index is 641. The molecule has 0 aromatic carbocycles. The highest BCUT2D eigenvalue weighted by molar-refractivity contribution is 5.96. The van der Waals surface area contributed by atoms with Gasteiger partial charge in [-0.2, -0.15) is 0 Å². The third-order valence-corrected chi connectivity index (χ3v) is 3.06. The van der Waals surface area contributed by atoms with Gasteiger partial charge in [0.25, 0.3) is 0 Å². The number of aromatic nitrogens is 2. The van der Waals surface area contributed by atoms with Crippen LogP contribution in [0.4, 0.5) is 0 Å². The van der Waals surface area contributed by atoms with E-state index in [1.165, 1.54) is 0 Å². The van der Waals surface area contributed by atoms with Crippen molar-refractivity contribution in [2.45, 2.75) is 20.0 Å². The Morgan fingerprint density at radius 1 is 1.29 bits per heavy atom. The molecule has 2 aromatic heterocycles. The highest BCUT2D eigenvalue weighted by Gasteiger charge is 2.11. The zero-order valence-corrected chi connectivity index (χ0v) is 12.2. The van der Waals surface area contributed by atoms with Crippen molar-refractivity contribution in [1.82, 2.24) is 14.9 Å². The number of nitrogens with zero attached hydrogens (tertiary/aromatic N) is 4. The van der Waals surface area contributed by atoms with E-state index in [1.54, 1.807) is 6.20 Å². The highest BCUT2D eigenvalue weighted by atomic mass is 16.4. The Labute approximate surface area is 123 Å². The molecule has 2 aromatic rings. The summed E-state index contributed by atoms with van der Waals surface area (Å²) < 4.78 is 0. The fraction of sp³-hybridized carbons (Fsp3) is 0.267. The average molecular weight is 285 g/mol. The predicted molar refractivity (Wildman–Crippen MR) is 80.9 cm³/mol. The predicted octanol–water partition coefficient (Wildman–Crippen LogP) is 1.51. The number of nitrogens with two attached hydrogens (primary N) is 1. The lowest BCUT2D eigenvalue weighted by atomic mass is 10.1. The summed E-state index contributed by atoms with van der Waals surface area (Å²) in [7, 11) is 1.99. The minimum absolute atomic E-state index is 0.0210. The van der Waals surface area contributed by atoms with Crippen LogP contribution in [0.2, 0.25) is 0 Å². The molecule has 2 rings (SSSR count). The first-order chi connectivity index (χ1) is 10.1. The fourth-order valence-corrected chi connectivity index (χ4v) is 2.15. The Balaban J connectivity index is 2.11. The maximum absolute atomic E-state index is 8.81. The summed E-state index contributed by atoms with van der Waals surface area (Å²) >= 11 is 0. The Kier molecular flexibility index (Phi) is 4.84. The van der Waals surface area contributed by atoms with Gasteiger partial charge in [0.2, 0.25) is 0 Å². The molecule has 0 saturated carbocycles. The molecule has 0 aliphatic rings. The largest absolute Gasteiger partial charge is 0.409 e. The number of hydrogen-bond acceptors (Lipinski definition) is 5. The molecule has 0 radical (unpaired) electrons. The van der Waals surface area contributed by atoms with Gasteiger partial charge in [0.15, 0.2) is 5.84 Å². The smallest absolute Gasteiger partial charge is 0.189 e. The standard InChI is InChI=1S/C15H19N5O/c1-11-5-3-7-13(18-11)10-20(2)9-12-6-4-8-17-14(12)15(16)19-21/h3-8,21H,9-10H2,1-2H3,(H2,16,19). The summed E-state index contributed by atoms with van der Waals surface area (Å²) in [6.07, 6.45) is 1.62. The average Bonchev–Trinajstić information content (AvgIpc) is 2.47. The lowest BCUT2D eigenvalue weighted by Gasteiger charge is -2.17. The number of hydrogen-bond donors (Lipinski definition) is 2. The van der Waals surface area contributed by atoms with Crippen LogP contribution in [0.25, 0.3) is 0 Å². The van der Waals surface area contributed by atoms with Crippen LogP contribution in [0.1, 0.15) is 22.6 Å². The van der Waals surface area contributed by atoms with Crippen LogP contribution in [0, 0.1) is 6.92 Å². The molecule has 6 nitrogen and oxygen atoms in total. The highest BCUT2D eigenvalue weighted by Crippen LogP contribution is 2.10. The van der Waals surface area contributed by atoms with E-state index in [0.717, 1.165) is 17.0 Å². The van der Waals surface area contributed by atoms with Crippen molar-refractivity contribution in [1.29, 1.82) is 0 Å². The second kappa shape index (κ2) is 6.81. The molecule has 110 valence electrons. The van der Waals surface area contributed by atoms with Gasteiger partial charge >= 0.3 is 0 Å². The normalized spacial score (nSPS) is 11.9. The maximum atomic E-state index is 8.81. The van der Waals surface area contributed by atoms with E-state index in [0.29, 0.717) is 18.8 Å². The van der Waals surface area contributed by atoms with Crippen molar-refractivity contribution < 1.29 is 5.21 Å². The molecule has 6 heteroatoms. The molecular formula is C15H19N5O. The zero-order valence-electron chi connectivity index (χ0n) is 12.2. The Morgan fingerprint density at radius 3 is 2.81 bits per heavy atom. The fourth-order valence-electron chi connectivity index (χ4n) is 2.15. The quantitative estimate of drug-likeness (QED) is 0.376. The van der Waals surface area contributed by atoms with Crippen molar-refractivity contribution >= 4 is 5.84 Å². The van der Waals surface area contributed by atoms with E-state index >= 15 is 0 Å². The Hall–Kier alpha value is -2.47. The van der Waals surface area contributed by atoms with Gasteiger partial charge in [0.05, 0.1) is 5.69 Å². The molecule has 0 spiro atoms. The van der Waals surface area contributed by atoms with Crippen molar-refractivity contribution in [3.8, 4) is 0 Å². The lowest BCUT2D eigenvalue weighted by Crippen LogP contribution is -2.23. The molecular weight excluding hydrogens is 266 g/mol. The van der Waals surface area contributed by atoms with Gasteiger partial charge in [0.1, 0.15) is 5.69 Å². The molecule has 21 heavy (non-hydrogen) atoms. The van der Waals surface area contributed by atoms with Crippen molar-refractivity contribution in [3.63, 3.8) is 0 Å². The maximum Gasteiger partial charge on any atom is 0.189 e. The molecule has 0 saturated heterocycles. The van der Waals surface area contributed by atoms with Crippen LogP contribution in [0.3, 0.4) is 0 Å². The van der Waals surface area contributed by atoms with Gasteiger partial charge in [-0.15, -0.1) is 0 Å². The summed E-state index contributed by atoms with van der Waals surface area (Å²) in [5.74, 6) is 0.0210. The zero-order chi connectivity index (χ0) is 15.2. The first-order valence-corrected chi connectivity index (χ1v) is 6.63. The third-order valence-electron chi connectivity index (χ3n) is 3.06. The van der Waals surface area contributed by atoms with E-state index < -0.39 is 0 Å². The lowest BCUT2D eigenvalue weighted by molar-refractivity contribution is 0.312. The molecule has 0 aliphatic heterocycles. The van der Waals surface area contributed by atoms with Crippen LogP contribution < -0.4 is 5.73 Å². The molecule has 0 atom stereocenters. The number of aryl methyl sites for hydroxylation is 1. The molecule has 2 heterocycles. The van der Waals surface area contributed by atoms with Crippen LogP contribution in [-0.4, -0.2) is 33.0 Å². The summed E-state index contributed by atoms with van der Waals surface area (Å²) in [4.78, 5) is 10.8. The third kappa shape index (κ3) is 4.00. The van der Waals surface area contributed by atoms with Crippen molar-refractivity contribution in [2.75, 3.05) is 7.05 Å². The summed E-state index contributed by atoms with van der Waals surface area (Å²) in [5, 5.41) is 11.8. The molecule has 3 N–H and O–H groups in total. The second-order valence-corrected chi connectivity index (χ2v) is 4.94. The van der Waals surface area contributed by atoms with Crippen LogP contribution in [-0.2, 0) is 13.1 Å². The molecule has 0 bridgehead atoms. The number of pyridine rings is 2. The monoisotopic (exact) mass is 285 g/mol. The first kappa shape index (κ1) is 14.9. The van der Waals surface area contributed by atoms with Crippen molar-refractivity contribution in [2.24, 2.45) is 10.9 Å². The van der Waals surface area contributed by atoms with Gasteiger partial charge in [-0.3, -0.25) is 14.9 Å². The van der Waals surface area contributed by atoms with E-state index in [1.807, 2.05) is 44.3 Å². The minimum atomic E-state index is 0.0210. The second-order valence-electron chi connectivity index (χ2n) is 4.94. The number of oxime groups is 1. The SMILES string of the molecule is Cc1cccc(CN(C)Cc2cccnc2/C(N)=N/O)n1. The van der Waals surface area contributed by atoms with Gasteiger partial charge in [-0.25, -0.2) is 0 Å². The van der Waals surface area contributed by atoms with Crippen LogP contribution in [0.5, 0.6) is 0 Å². The summed E-state index contributed by atoms with van der Waals surface area (Å²) in [6, 6.07) is 9.72. The van der Waals surface area contributed by atoms with Crippen LogP contribution >= 0.6 is 0 Å². The number of amidine groups is 1. The molecule has 0 aliphatic carbocycles. The number of rotatable bonds is 5. The van der Waals surface area contributed by atoms with Gasteiger partial charge < -0.3 is 10.9 Å². The van der Waals surface area contributed by atoms with E-state index in [9.17, 15) is 0 Å². The van der Waals surface area contributed by atoms with Crippen molar-refractivity contribution in [3.05, 3.63) is 59.2 Å². The molecule has 0 unspecified atom stereocenters. The topological polar surface area (TPSA) is 87.6 Å². The summed E-state index contributed by atoms with van der Waals surface area (Å²) in [6.45, 7) is 3.32. The van der Waals surface area contributed by atoms with Gasteiger partial charge in [-0.1, -0.05) is 17.3 Å². The van der Waals surface area contributed by atoms with E-state index in [2.05, 4.69) is 20.0 Å². The van der Waals surface area contributed by atoms with Gasteiger partial charge in [0, 0.05) is 25.0 Å². The molecule has 0 fully saturated rings. The first-order valence-electron chi connectivity index (χ1n) is 6.63.